The number of guanidine groups is 1. The fourth-order valence-electron chi connectivity index (χ4n) is 2.44. The van der Waals surface area contributed by atoms with E-state index in [2.05, 4.69) is 27.5 Å². The first-order valence-corrected chi connectivity index (χ1v) is 8.40. The number of aromatic nitrogens is 1. The van der Waals surface area contributed by atoms with E-state index in [1.807, 2.05) is 6.92 Å². The Labute approximate surface area is 159 Å². The van der Waals surface area contributed by atoms with Crippen LogP contribution in [0.15, 0.2) is 4.99 Å². The van der Waals surface area contributed by atoms with Gasteiger partial charge in [0.2, 0.25) is 0 Å². The van der Waals surface area contributed by atoms with E-state index in [9.17, 15) is 0 Å². The van der Waals surface area contributed by atoms with E-state index < -0.39 is 0 Å². The zero-order valence-corrected chi connectivity index (χ0v) is 17.4. The van der Waals surface area contributed by atoms with Gasteiger partial charge in [-0.15, -0.1) is 35.3 Å². The number of thiazole rings is 1. The lowest BCUT2D eigenvalue weighted by atomic mass is 9.94. The third-order valence-corrected chi connectivity index (χ3v) is 5.19. The zero-order chi connectivity index (χ0) is 16.0. The number of hydrogen-bond donors (Lipinski definition) is 2. The molecule has 0 aliphatic carbocycles. The lowest BCUT2D eigenvalue weighted by Crippen LogP contribution is -2.50. The fraction of sp³-hybridized carbons (Fsp3) is 0.733. The molecule has 0 saturated carbocycles. The largest absolute Gasteiger partial charge is 0.381 e. The molecule has 1 fully saturated rings. The Kier molecular flexibility index (Phi) is 8.73. The van der Waals surface area contributed by atoms with E-state index in [1.165, 1.54) is 4.88 Å². The van der Waals surface area contributed by atoms with Crippen LogP contribution in [0, 0.1) is 13.8 Å². The molecule has 0 amide bonds. The maximum absolute atomic E-state index is 5.72. The Bertz CT molecular complexity index is 496. The summed E-state index contributed by atoms with van der Waals surface area (Å²) >= 11 is 1.72. The van der Waals surface area contributed by atoms with Crippen LogP contribution in [0.3, 0.4) is 0 Å². The molecule has 0 aromatic carbocycles. The summed E-state index contributed by atoms with van der Waals surface area (Å²) in [6, 6.07) is 0. The van der Waals surface area contributed by atoms with Crippen LogP contribution in [-0.2, 0) is 16.0 Å². The van der Waals surface area contributed by atoms with Crippen LogP contribution in [-0.4, -0.2) is 50.5 Å². The summed E-state index contributed by atoms with van der Waals surface area (Å²) < 4.78 is 11.1. The fourth-order valence-corrected chi connectivity index (χ4v) is 3.31. The van der Waals surface area contributed by atoms with Gasteiger partial charge in [0.25, 0.3) is 0 Å². The molecular weight excluding hydrogens is 427 g/mol. The van der Waals surface area contributed by atoms with E-state index in [1.54, 1.807) is 25.5 Å². The molecule has 1 aliphatic rings. The molecule has 0 bridgehead atoms. The summed E-state index contributed by atoms with van der Waals surface area (Å²) in [5.41, 5.74) is 0.940. The number of nitrogens with zero attached hydrogens (tertiary/aromatic N) is 2. The molecule has 23 heavy (non-hydrogen) atoms. The van der Waals surface area contributed by atoms with Gasteiger partial charge in [0, 0.05) is 51.6 Å². The van der Waals surface area contributed by atoms with Gasteiger partial charge in [0.05, 0.1) is 17.8 Å². The molecule has 8 heteroatoms. The minimum Gasteiger partial charge on any atom is -0.381 e. The second kappa shape index (κ2) is 9.75. The second-order valence-electron chi connectivity index (χ2n) is 5.53. The molecule has 0 spiro atoms. The van der Waals surface area contributed by atoms with Crippen molar-refractivity contribution in [2.75, 3.05) is 33.9 Å². The quantitative estimate of drug-likeness (QED) is 0.406. The van der Waals surface area contributed by atoms with Gasteiger partial charge in [0.1, 0.15) is 5.01 Å². The molecule has 1 aromatic heterocycles. The molecule has 132 valence electrons. The third-order valence-electron chi connectivity index (χ3n) is 4.12. The maximum Gasteiger partial charge on any atom is 0.191 e. The number of aryl methyl sites for hydroxylation is 2. The van der Waals surface area contributed by atoms with Gasteiger partial charge in [-0.2, -0.15) is 0 Å². The monoisotopic (exact) mass is 454 g/mol. The van der Waals surface area contributed by atoms with Gasteiger partial charge >= 0.3 is 0 Å². The van der Waals surface area contributed by atoms with Gasteiger partial charge in [-0.3, -0.25) is 4.99 Å². The lowest BCUT2D eigenvalue weighted by molar-refractivity contribution is -0.0855. The number of aliphatic imine (C=N–C) groups is 1. The normalized spacial score (nSPS) is 17.5. The van der Waals surface area contributed by atoms with Crippen molar-refractivity contribution >= 4 is 41.3 Å². The summed E-state index contributed by atoms with van der Waals surface area (Å²) in [5.74, 6) is 0.772. The molecule has 6 nitrogen and oxygen atoms in total. The molecule has 0 radical (unpaired) electrons. The minimum absolute atomic E-state index is 0. The van der Waals surface area contributed by atoms with Crippen LogP contribution in [0.1, 0.15) is 28.4 Å². The lowest BCUT2D eigenvalue weighted by Gasteiger charge is -2.36. The average molecular weight is 454 g/mol. The van der Waals surface area contributed by atoms with E-state index in [-0.39, 0.29) is 29.6 Å². The van der Waals surface area contributed by atoms with E-state index in [0.717, 1.165) is 49.3 Å². The molecule has 2 N–H and O–H groups in total. The molecule has 0 atom stereocenters. The van der Waals surface area contributed by atoms with Crippen LogP contribution in [0.5, 0.6) is 0 Å². The first kappa shape index (κ1) is 20.6. The predicted octanol–water partition coefficient (Wildman–Crippen LogP) is 2.24. The first-order valence-electron chi connectivity index (χ1n) is 7.59. The molecule has 0 unspecified atom stereocenters. The number of ether oxygens (including phenoxy) is 2. The van der Waals surface area contributed by atoms with Gasteiger partial charge in [0.15, 0.2) is 5.96 Å². The summed E-state index contributed by atoms with van der Waals surface area (Å²) in [4.78, 5) is 10.1. The van der Waals surface area contributed by atoms with E-state index >= 15 is 0 Å². The van der Waals surface area contributed by atoms with Crippen LogP contribution < -0.4 is 10.6 Å². The van der Waals surface area contributed by atoms with Crippen molar-refractivity contribution in [3.8, 4) is 0 Å². The number of halogens is 1. The molecular formula is C15H27IN4O2S. The summed E-state index contributed by atoms with van der Waals surface area (Å²) in [7, 11) is 3.54. The number of hydrogen-bond acceptors (Lipinski definition) is 5. The second-order valence-corrected chi connectivity index (χ2v) is 6.82. The molecule has 1 aromatic rings. The van der Waals surface area contributed by atoms with Crippen molar-refractivity contribution in [3.05, 3.63) is 15.6 Å². The topological polar surface area (TPSA) is 67.8 Å². The van der Waals surface area contributed by atoms with Crippen molar-refractivity contribution in [2.24, 2.45) is 4.99 Å². The van der Waals surface area contributed by atoms with E-state index in [4.69, 9.17) is 9.47 Å². The Morgan fingerprint density at radius 3 is 2.57 bits per heavy atom. The minimum atomic E-state index is -0.162. The maximum atomic E-state index is 5.72. The zero-order valence-electron chi connectivity index (χ0n) is 14.3. The van der Waals surface area contributed by atoms with Crippen LogP contribution >= 0.6 is 35.3 Å². The van der Waals surface area contributed by atoms with Crippen LogP contribution in [0.25, 0.3) is 0 Å². The van der Waals surface area contributed by atoms with Gasteiger partial charge in [-0.05, 0) is 13.8 Å². The molecule has 2 heterocycles. The van der Waals surface area contributed by atoms with Crippen molar-refractivity contribution in [1.29, 1.82) is 0 Å². The SMILES string of the molecule is CN=C(NCc1nc(C)c(C)s1)NCC1(OC)CCOCC1.I. The smallest absolute Gasteiger partial charge is 0.191 e. The van der Waals surface area contributed by atoms with Crippen LogP contribution in [0.2, 0.25) is 0 Å². The van der Waals surface area contributed by atoms with Crippen molar-refractivity contribution in [1.82, 2.24) is 15.6 Å². The Hall–Kier alpha value is -0.450. The summed E-state index contributed by atoms with van der Waals surface area (Å²) in [6.07, 6.45) is 1.80. The third kappa shape index (κ3) is 5.84. The van der Waals surface area contributed by atoms with E-state index in [0.29, 0.717) is 6.54 Å². The average Bonchev–Trinajstić information content (AvgIpc) is 2.87. The highest BCUT2D eigenvalue weighted by Crippen LogP contribution is 2.23. The predicted molar refractivity (Wildman–Crippen MR) is 105 cm³/mol. The van der Waals surface area contributed by atoms with Crippen molar-refractivity contribution in [2.45, 2.75) is 38.8 Å². The standard InChI is InChI=1S/C15H26N4O2S.HI/c1-11-12(2)22-13(19-11)9-17-14(16-3)18-10-15(20-4)5-7-21-8-6-15;/h5-10H2,1-4H3,(H2,16,17,18);1H. The molecule has 1 saturated heterocycles. The van der Waals surface area contributed by atoms with Gasteiger partial charge in [-0.25, -0.2) is 4.98 Å². The van der Waals surface area contributed by atoms with Crippen LogP contribution in [0.4, 0.5) is 0 Å². The van der Waals surface area contributed by atoms with Crippen molar-refractivity contribution in [3.63, 3.8) is 0 Å². The van der Waals surface area contributed by atoms with Gasteiger partial charge in [-0.1, -0.05) is 0 Å². The summed E-state index contributed by atoms with van der Waals surface area (Å²) in [6.45, 7) is 7.04. The number of nitrogens with one attached hydrogen (secondary N) is 2. The Morgan fingerprint density at radius 1 is 1.35 bits per heavy atom. The van der Waals surface area contributed by atoms with Gasteiger partial charge < -0.3 is 20.1 Å². The number of rotatable bonds is 5. The highest BCUT2D eigenvalue weighted by Gasteiger charge is 2.32. The molecule has 1 aliphatic heterocycles. The van der Waals surface area contributed by atoms with Crippen molar-refractivity contribution < 1.29 is 9.47 Å². The molecule has 2 rings (SSSR count). The summed E-state index contributed by atoms with van der Waals surface area (Å²) in [5, 5.41) is 7.74. The first-order chi connectivity index (χ1) is 10.6. The number of methoxy groups -OCH3 is 1. The highest BCUT2D eigenvalue weighted by molar-refractivity contribution is 14.0. The highest BCUT2D eigenvalue weighted by atomic mass is 127. The Balaban J connectivity index is 0.00000264. The Morgan fingerprint density at radius 2 is 2.04 bits per heavy atom.